The Morgan fingerprint density at radius 1 is 1.64 bits per heavy atom. The van der Waals surface area contributed by atoms with E-state index in [2.05, 4.69) is 0 Å². The second-order valence-corrected chi connectivity index (χ2v) is 2.54. The first-order chi connectivity index (χ1) is 5.24. The molecule has 1 heterocycles. The largest absolute Gasteiger partial charge is 0.454 e. The monoisotopic (exact) mass is 156 g/mol. The van der Waals surface area contributed by atoms with Gasteiger partial charge in [0.25, 0.3) is 0 Å². The Balaban J connectivity index is 2.30. The third-order valence-corrected chi connectivity index (χ3v) is 1.64. The van der Waals surface area contributed by atoms with Gasteiger partial charge in [-0.3, -0.25) is 0 Å². The van der Waals surface area contributed by atoms with Crippen LogP contribution in [-0.2, 0) is 14.3 Å². The molecule has 0 aliphatic carbocycles. The molecule has 11 heavy (non-hydrogen) atoms. The maximum absolute atomic E-state index is 11.0. The van der Waals surface area contributed by atoms with Crippen LogP contribution in [0.15, 0.2) is 11.6 Å². The van der Waals surface area contributed by atoms with Gasteiger partial charge in [0.1, 0.15) is 6.10 Å². The zero-order valence-corrected chi connectivity index (χ0v) is 6.79. The summed E-state index contributed by atoms with van der Waals surface area (Å²) in [5.41, 5.74) is 0.650. The Kier molecular flexibility index (Phi) is 2.65. The van der Waals surface area contributed by atoms with E-state index < -0.39 is 0 Å². The van der Waals surface area contributed by atoms with E-state index in [0.29, 0.717) is 18.8 Å². The highest BCUT2D eigenvalue weighted by Gasteiger charge is 2.22. The number of rotatable bonds is 2. The van der Waals surface area contributed by atoms with Crippen molar-refractivity contribution >= 4 is 5.97 Å². The van der Waals surface area contributed by atoms with Gasteiger partial charge >= 0.3 is 5.97 Å². The molecule has 3 heteroatoms. The average Bonchev–Trinajstić information content (AvgIpc) is 1.94. The Morgan fingerprint density at radius 2 is 2.27 bits per heavy atom. The molecular formula is C8H12O3. The van der Waals surface area contributed by atoms with E-state index in [9.17, 15) is 4.79 Å². The van der Waals surface area contributed by atoms with Crippen LogP contribution in [0.3, 0.4) is 0 Å². The first-order valence-corrected chi connectivity index (χ1v) is 3.65. The molecule has 1 saturated heterocycles. The lowest BCUT2D eigenvalue weighted by molar-refractivity contribution is -0.167. The number of carbonyl (C=O) groups is 1. The molecule has 0 aromatic heterocycles. The highest BCUT2D eigenvalue weighted by atomic mass is 16.6. The van der Waals surface area contributed by atoms with E-state index in [-0.39, 0.29) is 12.1 Å². The number of hydrogen-bond donors (Lipinski definition) is 0. The summed E-state index contributed by atoms with van der Waals surface area (Å²) >= 11 is 0. The van der Waals surface area contributed by atoms with E-state index in [1.54, 1.807) is 13.0 Å². The highest BCUT2D eigenvalue weighted by molar-refractivity contribution is 5.87. The van der Waals surface area contributed by atoms with Crippen molar-refractivity contribution in [3.05, 3.63) is 11.6 Å². The summed E-state index contributed by atoms with van der Waals surface area (Å²) in [7, 11) is 0. The summed E-state index contributed by atoms with van der Waals surface area (Å²) in [5, 5.41) is 0. The van der Waals surface area contributed by atoms with Crippen molar-refractivity contribution in [3.8, 4) is 0 Å². The quantitative estimate of drug-likeness (QED) is 0.440. The van der Waals surface area contributed by atoms with Crippen LogP contribution >= 0.6 is 0 Å². The molecule has 1 rings (SSSR count). The SMILES string of the molecule is CC=C(C)C(=O)OC1COC1. The van der Waals surface area contributed by atoms with E-state index in [0.717, 1.165) is 0 Å². The molecule has 0 N–H and O–H groups in total. The number of allylic oxidation sites excluding steroid dienone is 1. The topological polar surface area (TPSA) is 35.5 Å². The molecule has 0 atom stereocenters. The van der Waals surface area contributed by atoms with Crippen LogP contribution < -0.4 is 0 Å². The summed E-state index contributed by atoms with van der Waals surface area (Å²) in [6, 6.07) is 0. The first-order valence-electron chi connectivity index (χ1n) is 3.65. The van der Waals surface area contributed by atoms with Crippen molar-refractivity contribution in [3.63, 3.8) is 0 Å². The first kappa shape index (κ1) is 8.27. The van der Waals surface area contributed by atoms with Crippen LogP contribution in [0, 0.1) is 0 Å². The molecule has 0 bridgehead atoms. The number of carbonyl (C=O) groups excluding carboxylic acids is 1. The van der Waals surface area contributed by atoms with Gasteiger partial charge in [-0.15, -0.1) is 0 Å². The second kappa shape index (κ2) is 3.53. The van der Waals surface area contributed by atoms with Crippen molar-refractivity contribution in [2.75, 3.05) is 13.2 Å². The molecule has 3 nitrogen and oxygen atoms in total. The maximum atomic E-state index is 11.0. The number of esters is 1. The van der Waals surface area contributed by atoms with Crippen molar-refractivity contribution in [2.45, 2.75) is 20.0 Å². The van der Waals surface area contributed by atoms with Gasteiger partial charge in [0.05, 0.1) is 13.2 Å². The van der Waals surface area contributed by atoms with Crippen LogP contribution in [0.2, 0.25) is 0 Å². The summed E-state index contributed by atoms with van der Waals surface area (Å²) < 4.78 is 9.86. The van der Waals surface area contributed by atoms with E-state index in [1.807, 2.05) is 6.92 Å². The van der Waals surface area contributed by atoms with E-state index in [4.69, 9.17) is 9.47 Å². The van der Waals surface area contributed by atoms with Gasteiger partial charge in [-0.2, -0.15) is 0 Å². The van der Waals surface area contributed by atoms with E-state index >= 15 is 0 Å². The summed E-state index contributed by atoms with van der Waals surface area (Å²) in [6.45, 7) is 4.64. The van der Waals surface area contributed by atoms with Gasteiger partial charge in [0.2, 0.25) is 0 Å². The molecule has 0 spiro atoms. The van der Waals surface area contributed by atoms with Crippen molar-refractivity contribution in [1.82, 2.24) is 0 Å². The predicted octanol–water partition coefficient (Wildman–Crippen LogP) is 0.895. The van der Waals surface area contributed by atoms with Gasteiger partial charge in [0, 0.05) is 5.57 Å². The van der Waals surface area contributed by atoms with Crippen LogP contribution in [0.4, 0.5) is 0 Å². The smallest absolute Gasteiger partial charge is 0.333 e. The number of ether oxygens (including phenoxy) is 2. The molecule has 0 radical (unpaired) electrons. The highest BCUT2D eigenvalue weighted by Crippen LogP contribution is 2.08. The summed E-state index contributed by atoms with van der Waals surface area (Å²) in [4.78, 5) is 11.0. The Morgan fingerprint density at radius 3 is 2.64 bits per heavy atom. The van der Waals surface area contributed by atoms with Gasteiger partial charge in [0.15, 0.2) is 0 Å². The third-order valence-electron chi connectivity index (χ3n) is 1.64. The zero-order valence-electron chi connectivity index (χ0n) is 6.79. The molecule has 62 valence electrons. The van der Waals surface area contributed by atoms with Crippen molar-refractivity contribution in [2.24, 2.45) is 0 Å². The van der Waals surface area contributed by atoms with Gasteiger partial charge < -0.3 is 9.47 Å². The molecule has 1 aliphatic rings. The minimum Gasteiger partial charge on any atom is -0.454 e. The van der Waals surface area contributed by atoms with Crippen LogP contribution in [0.25, 0.3) is 0 Å². The van der Waals surface area contributed by atoms with Gasteiger partial charge in [-0.1, -0.05) is 6.08 Å². The molecule has 0 saturated carbocycles. The average molecular weight is 156 g/mol. The zero-order chi connectivity index (χ0) is 8.27. The Labute approximate surface area is 66.0 Å². The van der Waals surface area contributed by atoms with Gasteiger partial charge in [-0.25, -0.2) is 4.79 Å². The third kappa shape index (κ3) is 2.05. The minimum absolute atomic E-state index is 0.0163. The molecule has 1 fully saturated rings. The lowest BCUT2D eigenvalue weighted by atomic mass is 10.3. The fourth-order valence-electron chi connectivity index (χ4n) is 0.644. The van der Waals surface area contributed by atoms with E-state index in [1.165, 1.54) is 0 Å². The molecule has 0 aromatic rings. The van der Waals surface area contributed by atoms with Gasteiger partial charge in [-0.05, 0) is 13.8 Å². The lowest BCUT2D eigenvalue weighted by Crippen LogP contribution is -2.37. The fraction of sp³-hybridized carbons (Fsp3) is 0.625. The lowest BCUT2D eigenvalue weighted by Gasteiger charge is -2.25. The minimum atomic E-state index is -0.235. The molecule has 0 amide bonds. The predicted molar refractivity (Wildman–Crippen MR) is 40.1 cm³/mol. The standard InChI is InChI=1S/C8H12O3/c1-3-6(2)8(9)11-7-4-10-5-7/h3,7H,4-5H2,1-2H3. The van der Waals surface area contributed by atoms with Crippen molar-refractivity contribution < 1.29 is 14.3 Å². The molecule has 0 aromatic carbocycles. The fourth-order valence-corrected chi connectivity index (χ4v) is 0.644. The second-order valence-electron chi connectivity index (χ2n) is 2.54. The molecule has 1 aliphatic heterocycles. The molecule has 0 unspecified atom stereocenters. The maximum Gasteiger partial charge on any atom is 0.333 e. The Hall–Kier alpha value is -0.830. The summed E-state index contributed by atoms with van der Waals surface area (Å²) in [5.74, 6) is -0.235. The number of hydrogen-bond acceptors (Lipinski definition) is 3. The summed E-state index contributed by atoms with van der Waals surface area (Å²) in [6.07, 6.45) is 1.72. The Bertz CT molecular complexity index is 180. The normalized spacial score (nSPS) is 19.3. The van der Waals surface area contributed by atoms with Crippen LogP contribution in [0.5, 0.6) is 0 Å². The van der Waals surface area contributed by atoms with Crippen molar-refractivity contribution in [1.29, 1.82) is 0 Å². The molecular weight excluding hydrogens is 144 g/mol. The van der Waals surface area contributed by atoms with Crippen LogP contribution in [-0.4, -0.2) is 25.3 Å². The van der Waals surface area contributed by atoms with Crippen LogP contribution in [0.1, 0.15) is 13.8 Å².